The molecule has 0 saturated carbocycles. The fourth-order valence-electron chi connectivity index (χ4n) is 2.50. The van der Waals surface area contributed by atoms with Crippen molar-refractivity contribution < 1.29 is 19.0 Å². The molecule has 1 N–H and O–H groups in total. The number of anilines is 1. The van der Waals surface area contributed by atoms with Gasteiger partial charge in [0.2, 0.25) is 0 Å². The van der Waals surface area contributed by atoms with Crippen molar-refractivity contribution in [3.63, 3.8) is 0 Å². The molecule has 0 atom stereocenters. The maximum absolute atomic E-state index is 12.2. The number of benzene rings is 2. The van der Waals surface area contributed by atoms with E-state index in [0.29, 0.717) is 22.9 Å². The lowest BCUT2D eigenvalue weighted by atomic mass is 9.87. The Hall–Kier alpha value is -2.69. The number of carbonyl (C=O) groups is 1. The molecule has 0 saturated heterocycles. The van der Waals surface area contributed by atoms with E-state index < -0.39 is 0 Å². The van der Waals surface area contributed by atoms with Crippen molar-refractivity contribution in [2.24, 2.45) is 0 Å². The third kappa shape index (κ3) is 4.91. The van der Waals surface area contributed by atoms with Crippen LogP contribution in [0.2, 0.25) is 0 Å². The molecule has 5 nitrogen and oxygen atoms in total. The van der Waals surface area contributed by atoms with E-state index in [0.717, 1.165) is 5.56 Å². The fraction of sp³-hybridized carbons (Fsp3) is 0.381. The molecule has 0 heterocycles. The number of rotatable bonds is 6. The van der Waals surface area contributed by atoms with E-state index in [1.54, 1.807) is 20.3 Å². The summed E-state index contributed by atoms with van der Waals surface area (Å²) in [5.41, 5.74) is 2.85. The normalized spacial score (nSPS) is 11.0. The molecule has 2 aromatic carbocycles. The maximum Gasteiger partial charge on any atom is 0.262 e. The van der Waals surface area contributed by atoms with Crippen LogP contribution in [-0.2, 0) is 10.2 Å². The van der Waals surface area contributed by atoms with Gasteiger partial charge < -0.3 is 19.5 Å². The Balaban J connectivity index is 1.99. The molecule has 0 aliphatic heterocycles. The van der Waals surface area contributed by atoms with Gasteiger partial charge in [0.1, 0.15) is 5.75 Å². The Morgan fingerprint density at radius 1 is 1.00 bits per heavy atom. The summed E-state index contributed by atoms with van der Waals surface area (Å²) in [6.45, 7) is 8.29. The molecule has 2 aromatic rings. The molecule has 0 fully saturated rings. The number of aryl methyl sites for hydroxylation is 1. The molecule has 140 valence electrons. The molecule has 0 bridgehead atoms. The summed E-state index contributed by atoms with van der Waals surface area (Å²) in [5, 5.41) is 2.84. The second-order valence-corrected chi connectivity index (χ2v) is 7.13. The van der Waals surface area contributed by atoms with Crippen LogP contribution >= 0.6 is 0 Å². The third-order valence-electron chi connectivity index (χ3n) is 4.09. The maximum atomic E-state index is 12.2. The SMILES string of the molecule is COc1cc(C)c(NC(=O)COc2ccc(C(C)(C)C)cc2)cc1OC. The summed E-state index contributed by atoms with van der Waals surface area (Å²) >= 11 is 0. The van der Waals surface area contributed by atoms with Crippen molar-refractivity contribution in [3.8, 4) is 17.2 Å². The number of methoxy groups -OCH3 is 2. The van der Waals surface area contributed by atoms with Gasteiger partial charge in [0.15, 0.2) is 18.1 Å². The van der Waals surface area contributed by atoms with Gasteiger partial charge in [-0.15, -0.1) is 0 Å². The number of carbonyl (C=O) groups excluding carboxylic acids is 1. The molecule has 0 spiro atoms. The Morgan fingerprint density at radius 3 is 2.12 bits per heavy atom. The summed E-state index contributed by atoms with van der Waals surface area (Å²) in [4.78, 5) is 12.2. The molecule has 0 aliphatic carbocycles. The molecule has 26 heavy (non-hydrogen) atoms. The second-order valence-electron chi connectivity index (χ2n) is 7.13. The van der Waals surface area contributed by atoms with E-state index in [2.05, 4.69) is 26.1 Å². The predicted octanol–water partition coefficient (Wildman–Crippen LogP) is 4.33. The third-order valence-corrected chi connectivity index (χ3v) is 4.09. The highest BCUT2D eigenvalue weighted by Gasteiger charge is 2.14. The lowest BCUT2D eigenvalue weighted by molar-refractivity contribution is -0.118. The largest absolute Gasteiger partial charge is 0.493 e. The minimum Gasteiger partial charge on any atom is -0.493 e. The topological polar surface area (TPSA) is 56.8 Å². The van der Waals surface area contributed by atoms with Gasteiger partial charge in [0, 0.05) is 11.8 Å². The predicted molar refractivity (Wildman–Crippen MR) is 104 cm³/mol. The summed E-state index contributed by atoms with van der Waals surface area (Å²) in [6, 6.07) is 11.4. The molecule has 5 heteroatoms. The van der Waals surface area contributed by atoms with Crippen molar-refractivity contribution in [1.82, 2.24) is 0 Å². The number of nitrogens with one attached hydrogen (secondary N) is 1. The van der Waals surface area contributed by atoms with Gasteiger partial charge in [-0.2, -0.15) is 0 Å². The molecule has 1 amide bonds. The molecule has 0 unspecified atom stereocenters. The van der Waals surface area contributed by atoms with Gasteiger partial charge in [0.05, 0.1) is 14.2 Å². The first-order chi connectivity index (χ1) is 12.2. The van der Waals surface area contributed by atoms with E-state index in [4.69, 9.17) is 14.2 Å². The summed E-state index contributed by atoms with van der Waals surface area (Å²) < 4.78 is 16.1. The lowest BCUT2D eigenvalue weighted by Gasteiger charge is -2.19. The quantitative estimate of drug-likeness (QED) is 0.836. The van der Waals surface area contributed by atoms with Crippen LogP contribution in [0.1, 0.15) is 31.9 Å². The van der Waals surface area contributed by atoms with E-state index in [1.807, 2.05) is 37.3 Å². The highest BCUT2D eigenvalue weighted by Crippen LogP contribution is 2.32. The van der Waals surface area contributed by atoms with Crippen LogP contribution in [0.25, 0.3) is 0 Å². The van der Waals surface area contributed by atoms with E-state index in [1.165, 1.54) is 5.56 Å². The smallest absolute Gasteiger partial charge is 0.262 e. The Bertz CT molecular complexity index is 761. The Kier molecular flexibility index (Phi) is 6.14. The monoisotopic (exact) mass is 357 g/mol. The van der Waals surface area contributed by atoms with Crippen molar-refractivity contribution in [1.29, 1.82) is 0 Å². The van der Waals surface area contributed by atoms with E-state index in [-0.39, 0.29) is 17.9 Å². The summed E-state index contributed by atoms with van der Waals surface area (Å²) in [7, 11) is 3.14. The van der Waals surface area contributed by atoms with E-state index in [9.17, 15) is 4.79 Å². The van der Waals surface area contributed by atoms with Crippen LogP contribution < -0.4 is 19.5 Å². The standard InChI is InChI=1S/C21H27NO4/c1-14-11-18(24-5)19(25-6)12-17(14)22-20(23)13-26-16-9-7-15(8-10-16)21(2,3)4/h7-12H,13H2,1-6H3,(H,22,23). The number of amides is 1. The Morgan fingerprint density at radius 2 is 1.58 bits per heavy atom. The first-order valence-corrected chi connectivity index (χ1v) is 8.50. The Labute approximate surface area is 155 Å². The van der Waals surface area contributed by atoms with Crippen molar-refractivity contribution in [2.75, 3.05) is 26.1 Å². The number of ether oxygens (including phenoxy) is 3. The minimum absolute atomic E-state index is 0.0668. The number of hydrogen-bond acceptors (Lipinski definition) is 4. The summed E-state index contributed by atoms with van der Waals surface area (Å²) in [5.74, 6) is 1.61. The van der Waals surface area contributed by atoms with Crippen molar-refractivity contribution in [2.45, 2.75) is 33.1 Å². The van der Waals surface area contributed by atoms with Crippen molar-refractivity contribution >= 4 is 11.6 Å². The molecule has 0 aromatic heterocycles. The van der Waals surface area contributed by atoms with Gasteiger partial charge in [-0.25, -0.2) is 0 Å². The summed E-state index contributed by atoms with van der Waals surface area (Å²) in [6.07, 6.45) is 0. The highest BCUT2D eigenvalue weighted by molar-refractivity contribution is 5.93. The lowest BCUT2D eigenvalue weighted by Crippen LogP contribution is -2.20. The molecule has 0 aliphatic rings. The molecular weight excluding hydrogens is 330 g/mol. The van der Waals surface area contributed by atoms with E-state index >= 15 is 0 Å². The number of hydrogen-bond donors (Lipinski definition) is 1. The average Bonchev–Trinajstić information content (AvgIpc) is 2.60. The van der Waals surface area contributed by atoms with Crippen LogP contribution in [0.4, 0.5) is 5.69 Å². The zero-order valence-electron chi connectivity index (χ0n) is 16.3. The van der Waals surface area contributed by atoms with Crippen LogP contribution in [-0.4, -0.2) is 26.7 Å². The minimum atomic E-state index is -0.236. The van der Waals surface area contributed by atoms with Gasteiger partial charge in [-0.05, 0) is 41.7 Å². The molecule has 0 radical (unpaired) electrons. The second kappa shape index (κ2) is 8.13. The van der Waals surface area contributed by atoms with Gasteiger partial charge in [0.25, 0.3) is 5.91 Å². The average molecular weight is 357 g/mol. The van der Waals surface area contributed by atoms with Crippen LogP contribution in [0.5, 0.6) is 17.2 Å². The van der Waals surface area contributed by atoms with Gasteiger partial charge in [-0.1, -0.05) is 32.9 Å². The first kappa shape index (κ1) is 19.6. The van der Waals surface area contributed by atoms with Crippen LogP contribution in [0.15, 0.2) is 36.4 Å². The molecular formula is C21H27NO4. The zero-order chi connectivity index (χ0) is 19.3. The zero-order valence-corrected chi connectivity index (χ0v) is 16.3. The highest BCUT2D eigenvalue weighted by atomic mass is 16.5. The van der Waals surface area contributed by atoms with Crippen LogP contribution in [0, 0.1) is 6.92 Å². The van der Waals surface area contributed by atoms with Gasteiger partial charge in [-0.3, -0.25) is 4.79 Å². The fourth-order valence-corrected chi connectivity index (χ4v) is 2.50. The van der Waals surface area contributed by atoms with Gasteiger partial charge >= 0.3 is 0 Å². The van der Waals surface area contributed by atoms with Crippen LogP contribution in [0.3, 0.4) is 0 Å². The molecule has 2 rings (SSSR count). The van der Waals surface area contributed by atoms with Crippen molar-refractivity contribution in [3.05, 3.63) is 47.5 Å². The first-order valence-electron chi connectivity index (χ1n) is 8.50.